The Labute approximate surface area is 109 Å². The van der Waals surface area contributed by atoms with Crippen LogP contribution in [0.3, 0.4) is 0 Å². The molecule has 1 aliphatic rings. The van der Waals surface area contributed by atoms with Crippen LogP contribution in [-0.4, -0.2) is 56.9 Å². The Morgan fingerprint density at radius 3 is 2.28 bits per heavy atom. The van der Waals surface area contributed by atoms with Crippen LogP contribution in [0.2, 0.25) is 0 Å². The summed E-state index contributed by atoms with van der Waals surface area (Å²) in [6.45, 7) is -0.406. The van der Waals surface area contributed by atoms with E-state index in [1.807, 2.05) is 30.3 Å². The van der Waals surface area contributed by atoms with Crippen molar-refractivity contribution in [2.45, 2.75) is 34.7 Å². The fraction of sp³-hybridized carbons (Fsp3) is 0.500. The summed E-state index contributed by atoms with van der Waals surface area (Å²) in [6, 6.07) is 9.29. The van der Waals surface area contributed by atoms with Gasteiger partial charge in [0.25, 0.3) is 0 Å². The van der Waals surface area contributed by atoms with E-state index in [2.05, 4.69) is 0 Å². The van der Waals surface area contributed by atoms with Crippen molar-refractivity contribution >= 4 is 11.8 Å². The Morgan fingerprint density at radius 1 is 1.00 bits per heavy atom. The second-order valence-corrected chi connectivity index (χ2v) is 5.30. The lowest BCUT2D eigenvalue weighted by Crippen LogP contribution is -2.57. The predicted molar refractivity (Wildman–Crippen MR) is 66.1 cm³/mol. The van der Waals surface area contributed by atoms with Crippen LogP contribution in [0.15, 0.2) is 35.2 Å². The summed E-state index contributed by atoms with van der Waals surface area (Å²) in [6.07, 6.45) is -4.69. The number of hydrogen-bond donors (Lipinski definition) is 4. The maximum absolute atomic E-state index is 9.85. The molecule has 0 aromatic heterocycles. The van der Waals surface area contributed by atoms with Gasteiger partial charge in [0, 0.05) is 4.90 Å². The minimum absolute atomic E-state index is 0.406. The number of rotatable bonds is 3. The maximum Gasteiger partial charge on any atom is 0.136 e. The largest absolute Gasteiger partial charge is 0.394 e. The Morgan fingerprint density at radius 2 is 1.67 bits per heavy atom. The van der Waals surface area contributed by atoms with Crippen LogP contribution in [0, 0.1) is 0 Å². The summed E-state index contributed by atoms with van der Waals surface area (Å²) in [7, 11) is 0. The van der Waals surface area contributed by atoms with E-state index in [9.17, 15) is 15.3 Å². The zero-order valence-electron chi connectivity index (χ0n) is 9.59. The first-order valence-electron chi connectivity index (χ1n) is 5.65. The molecule has 6 heteroatoms. The molecule has 100 valence electrons. The van der Waals surface area contributed by atoms with Crippen LogP contribution >= 0.6 is 11.8 Å². The number of ether oxygens (including phenoxy) is 1. The van der Waals surface area contributed by atoms with Gasteiger partial charge in [0.05, 0.1) is 6.61 Å². The molecule has 5 nitrogen and oxygen atoms in total. The molecule has 1 aliphatic heterocycles. The summed E-state index contributed by atoms with van der Waals surface area (Å²) in [5.74, 6) is 0. The fourth-order valence-electron chi connectivity index (χ4n) is 1.80. The molecule has 1 fully saturated rings. The van der Waals surface area contributed by atoms with Gasteiger partial charge in [-0.1, -0.05) is 30.0 Å². The van der Waals surface area contributed by atoms with Crippen molar-refractivity contribution in [3.63, 3.8) is 0 Å². The minimum atomic E-state index is -1.32. The van der Waals surface area contributed by atoms with E-state index < -0.39 is 36.5 Å². The monoisotopic (exact) mass is 272 g/mol. The Balaban J connectivity index is 2.08. The second kappa shape index (κ2) is 6.01. The van der Waals surface area contributed by atoms with Crippen molar-refractivity contribution in [1.29, 1.82) is 0 Å². The summed E-state index contributed by atoms with van der Waals surface area (Å²) < 4.78 is 5.39. The van der Waals surface area contributed by atoms with Gasteiger partial charge >= 0.3 is 0 Å². The molecule has 2 rings (SSSR count). The predicted octanol–water partition coefficient (Wildman–Crippen LogP) is -0.421. The summed E-state index contributed by atoms with van der Waals surface area (Å²) in [4.78, 5) is 0.877. The highest BCUT2D eigenvalue weighted by Crippen LogP contribution is 2.32. The van der Waals surface area contributed by atoms with E-state index in [1.54, 1.807) is 0 Å². The standard InChI is InChI=1S/C12H16O5S/c13-6-8-9(14)10(15)11(16)12(17-8)18-7-4-2-1-3-5-7/h1-5,8-16H,6H2/t8-,9-,10-,11-,12+/m1/s1. The van der Waals surface area contributed by atoms with Crippen molar-refractivity contribution in [3.05, 3.63) is 30.3 Å². The average molecular weight is 272 g/mol. The summed E-state index contributed by atoms with van der Waals surface area (Å²) in [5, 5.41) is 38.2. The van der Waals surface area contributed by atoms with Crippen molar-refractivity contribution in [1.82, 2.24) is 0 Å². The zero-order chi connectivity index (χ0) is 13.1. The number of thioether (sulfide) groups is 1. The first-order valence-corrected chi connectivity index (χ1v) is 6.53. The lowest BCUT2D eigenvalue weighted by Gasteiger charge is -2.39. The number of benzene rings is 1. The van der Waals surface area contributed by atoms with Gasteiger partial charge in [0.15, 0.2) is 0 Å². The smallest absolute Gasteiger partial charge is 0.136 e. The minimum Gasteiger partial charge on any atom is -0.394 e. The highest BCUT2D eigenvalue weighted by atomic mass is 32.2. The number of aliphatic hydroxyl groups is 4. The third-order valence-corrected chi connectivity index (χ3v) is 4.01. The fourth-order valence-corrected chi connectivity index (χ4v) is 2.88. The molecule has 0 bridgehead atoms. The van der Waals surface area contributed by atoms with Gasteiger partial charge in [-0.15, -0.1) is 0 Å². The summed E-state index contributed by atoms with van der Waals surface area (Å²) >= 11 is 1.24. The normalized spacial score (nSPS) is 36.6. The van der Waals surface area contributed by atoms with Gasteiger partial charge in [-0.3, -0.25) is 0 Å². The Bertz CT molecular complexity index is 372. The highest BCUT2D eigenvalue weighted by molar-refractivity contribution is 7.99. The van der Waals surface area contributed by atoms with E-state index in [0.29, 0.717) is 0 Å². The van der Waals surface area contributed by atoms with Gasteiger partial charge in [-0.25, -0.2) is 0 Å². The first-order chi connectivity index (χ1) is 8.63. The van der Waals surface area contributed by atoms with Gasteiger partial charge in [0.2, 0.25) is 0 Å². The van der Waals surface area contributed by atoms with Crippen molar-refractivity contribution < 1.29 is 25.2 Å². The highest BCUT2D eigenvalue weighted by Gasteiger charge is 2.43. The molecule has 0 amide bonds. The molecular formula is C12H16O5S. The van der Waals surface area contributed by atoms with E-state index >= 15 is 0 Å². The molecule has 5 atom stereocenters. The van der Waals surface area contributed by atoms with Crippen LogP contribution in [0.4, 0.5) is 0 Å². The number of hydrogen-bond acceptors (Lipinski definition) is 6. The second-order valence-electron chi connectivity index (χ2n) is 4.13. The van der Waals surface area contributed by atoms with E-state index in [-0.39, 0.29) is 0 Å². The molecule has 1 aromatic carbocycles. The molecular weight excluding hydrogens is 256 g/mol. The van der Waals surface area contributed by atoms with E-state index in [0.717, 1.165) is 4.90 Å². The van der Waals surface area contributed by atoms with E-state index in [1.165, 1.54) is 11.8 Å². The zero-order valence-corrected chi connectivity index (χ0v) is 10.4. The SMILES string of the molecule is OC[C@H]1O[C@@H](Sc2ccccc2)[C@H](O)[C@H](O)[C@@H]1O. The van der Waals surface area contributed by atoms with Gasteiger partial charge in [0.1, 0.15) is 29.9 Å². The number of aliphatic hydroxyl groups excluding tert-OH is 4. The van der Waals surface area contributed by atoms with Crippen LogP contribution in [0.1, 0.15) is 0 Å². The topological polar surface area (TPSA) is 90.2 Å². The Kier molecular flexibility index (Phi) is 4.60. The van der Waals surface area contributed by atoms with Crippen LogP contribution in [-0.2, 0) is 4.74 Å². The summed E-state index contributed by atoms with van der Waals surface area (Å²) in [5.41, 5.74) is -0.719. The van der Waals surface area contributed by atoms with Crippen molar-refractivity contribution in [2.75, 3.05) is 6.61 Å². The lowest BCUT2D eigenvalue weighted by molar-refractivity contribution is -0.205. The quantitative estimate of drug-likeness (QED) is 0.597. The van der Waals surface area contributed by atoms with Gasteiger partial charge < -0.3 is 25.2 Å². The van der Waals surface area contributed by atoms with Gasteiger partial charge in [-0.2, -0.15) is 0 Å². The van der Waals surface area contributed by atoms with E-state index in [4.69, 9.17) is 9.84 Å². The molecule has 0 aliphatic carbocycles. The van der Waals surface area contributed by atoms with Crippen LogP contribution in [0.5, 0.6) is 0 Å². The van der Waals surface area contributed by atoms with Crippen LogP contribution in [0.25, 0.3) is 0 Å². The molecule has 0 spiro atoms. The van der Waals surface area contributed by atoms with Crippen LogP contribution < -0.4 is 0 Å². The third-order valence-electron chi connectivity index (χ3n) is 2.84. The third kappa shape index (κ3) is 2.85. The molecule has 1 heterocycles. The average Bonchev–Trinajstić information content (AvgIpc) is 2.40. The first kappa shape index (κ1) is 13.8. The molecule has 0 unspecified atom stereocenters. The molecule has 0 saturated carbocycles. The molecule has 1 aromatic rings. The maximum atomic E-state index is 9.85. The molecule has 0 radical (unpaired) electrons. The molecule has 18 heavy (non-hydrogen) atoms. The van der Waals surface area contributed by atoms with Crippen molar-refractivity contribution in [3.8, 4) is 0 Å². The lowest BCUT2D eigenvalue weighted by atomic mass is 10.0. The molecule has 4 N–H and O–H groups in total. The van der Waals surface area contributed by atoms with Gasteiger partial charge in [-0.05, 0) is 12.1 Å². The molecule has 1 saturated heterocycles. The van der Waals surface area contributed by atoms with Crippen molar-refractivity contribution in [2.24, 2.45) is 0 Å². The Hall–Kier alpha value is -0.630.